The van der Waals surface area contributed by atoms with Crippen LogP contribution in [0, 0.1) is 0 Å². The minimum atomic E-state index is -2.63. The molecule has 0 aromatic heterocycles. The molecule has 0 aliphatic carbocycles. The summed E-state index contributed by atoms with van der Waals surface area (Å²) in [7, 11) is 0. The third-order valence-corrected chi connectivity index (χ3v) is 1.19. The van der Waals surface area contributed by atoms with Crippen LogP contribution < -0.4 is 0 Å². The largest absolute Gasteiger partial charge is 0.750 e. The summed E-state index contributed by atoms with van der Waals surface area (Å²) in [4.78, 5) is 9.91. The van der Waals surface area contributed by atoms with Crippen molar-refractivity contribution >= 4 is 17.3 Å². The third-order valence-electron chi connectivity index (χ3n) is 0.705. The van der Waals surface area contributed by atoms with Gasteiger partial charge in [-0.05, 0) is 6.92 Å². The lowest BCUT2D eigenvalue weighted by molar-refractivity contribution is -0.138. The normalized spacial score (nSPS) is 16.2. The van der Waals surface area contributed by atoms with E-state index in [0.717, 1.165) is 0 Å². The molecule has 0 aliphatic heterocycles. The van der Waals surface area contributed by atoms with E-state index < -0.39 is 23.4 Å². The topological polar surface area (TPSA) is 86.7 Å². The molecule has 0 aromatic carbocycles. The molecule has 0 aliphatic rings. The maximum absolute atomic E-state index is 9.91. The predicted molar refractivity (Wildman–Crippen MR) is 31.7 cm³/mol. The highest BCUT2D eigenvalue weighted by atomic mass is 32.2. The number of hydrogen-bond donors (Lipinski definition) is 1. The van der Waals surface area contributed by atoms with Crippen molar-refractivity contribution in [3.8, 4) is 0 Å². The summed E-state index contributed by atoms with van der Waals surface area (Å²) >= 11 is -2.63. The molecule has 5 nitrogen and oxygen atoms in total. The molecule has 0 saturated heterocycles. The van der Waals surface area contributed by atoms with Crippen LogP contribution in [0.25, 0.3) is 0 Å². The first kappa shape index (κ1) is 9.54. The van der Waals surface area contributed by atoms with Crippen LogP contribution in [0.3, 0.4) is 0 Å². The van der Waals surface area contributed by atoms with Crippen molar-refractivity contribution in [1.29, 1.82) is 0 Å². The van der Waals surface area contributed by atoms with Gasteiger partial charge in [0.2, 0.25) is 0 Å². The third kappa shape index (κ3) is 5.67. The molecule has 0 rings (SSSR count). The van der Waals surface area contributed by atoms with Crippen LogP contribution in [0.5, 0.6) is 0 Å². The fourth-order valence-electron chi connectivity index (χ4n) is 0.414. The first-order chi connectivity index (χ1) is 4.52. The van der Waals surface area contributed by atoms with Gasteiger partial charge in [0.15, 0.2) is 0 Å². The zero-order chi connectivity index (χ0) is 8.15. The molecular formula is C4H7O5S-. The molecule has 0 heterocycles. The van der Waals surface area contributed by atoms with Gasteiger partial charge in [-0.25, -0.2) is 4.21 Å². The van der Waals surface area contributed by atoms with Crippen LogP contribution in [0.4, 0.5) is 0 Å². The predicted octanol–water partition coefficient (Wildman–Crippen LogP) is -0.340. The Kier molecular flexibility index (Phi) is 4.17. The summed E-state index contributed by atoms with van der Waals surface area (Å²) in [6.07, 6.45) is -1.11. The van der Waals surface area contributed by atoms with Crippen molar-refractivity contribution in [3.63, 3.8) is 0 Å². The second-order valence-electron chi connectivity index (χ2n) is 1.71. The van der Waals surface area contributed by atoms with Gasteiger partial charge >= 0.3 is 5.97 Å². The summed E-state index contributed by atoms with van der Waals surface area (Å²) in [6, 6.07) is 0. The van der Waals surface area contributed by atoms with Crippen LogP contribution in [-0.2, 0) is 20.3 Å². The Balaban J connectivity index is 3.53. The van der Waals surface area contributed by atoms with Crippen LogP contribution >= 0.6 is 0 Å². The standard InChI is InChI=1S/C4H8O5S/c1-3(2-4(5)6)9-10(7)8/h3H,2H2,1H3,(H,5,6)(H,7,8)/p-1. The molecule has 0 spiro atoms. The maximum Gasteiger partial charge on any atom is 0.306 e. The Morgan fingerprint density at radius 3 is 2.70 bits per heavy atom. The summed E-state index contributed by atoms with van der Waals surface area (Å²) in [6.45, 7) is 1.36. The van der Waals surface area contributed by atoms with Crippen molar-refractivity contribution in [2.75, 3.05) is 0 Å². The molecule has 10 heavy (non-hydrogen) atoms. The van der Waals surface area contributed by atoms with Gasteiger partial charge < -0.3 is 9.66 Å². The second kappa shape index (κ2) is 4.37. The monoisotopic (exact) mass is 167 g/mol. The summed E-state index contributed by atoms with van der Waals surface area (Å²) < 4.78 is 23.6. The zero-order valence-corrected chi connectivity index (χ0v) is 6.09. The molecule has 0 radical (unpaired) electrons. The second-order valence-corrected chi connectivity index (χ2v) is 2.31. The van der Waals surface area contributed by atoms with Gasteiger partial charge in [0.25, 0.3) is 0 Å². The van der Waals surface area contributed by atoms with Gasteiger partial charge in [0.05, 0.1) is 23.9 Å². The molecule has 0 aromatic rings. The van der Waals surface area contributed by atoms with E-state index in [1.807, 2.05) is 0 Å². The van der Waals surface area contributed by atoms with E-state index in [0.29, 0.717) is 0 Å². The van der Waals surface area contributed by atoms with Gasteiger partial charge in [0.1, 0.15) is 0 Å². The molecule has 6 heteroatoms. The lowest BCUT2D eigenvalue weighted by Gasteiger charge is -2.10. The first-order valence-electron chi connectivity index (χ1n) is 2.50. The van der Waals surface area contributed by atoms with Gasteiger partial charge in [-0.1, -0.05) is 0 Å². The fraction of sp³-hybridized carbons (Fsp3) is 0.750. The highest BCUT2D eigenvalue weighted by Gasteiger charge is 2.07. The molecule has 60 valence electrons. The molecule has 0 saturated carbocycles. The molecule has 0 fully saturated rings. The molecule has 0 bridgehead atoms. The Labute approximate surface area is 60.5 Å². The van der Waals surface area contributed by atoms with Crippen molar-refractivity contribution < 1.29 is 22.8 Å². The minimum Gasteiger partial charge on any atom is -0.750 e. The van der Waals surface area contributed by atoms with Crippen LogP contribution in [0.2, 0.25) is 0 Å². The summed E-state index contributed by atoms with van der Waals surface area (Å²) in [5, 5.41) is 8.12. The lowest BCUT2D eigenvalue weighted by Crippen LogP contribution is -2.14. The fourth-order valence-corrected chi connectivity index (χ4v) is 0.750. The minimum absolute atomic E-state index is 0.312. The number of rotatable bonds is 4. The van der Waals surface area contributed by atoms with Gasteiger partial charge in [0, 0.05) is 0 Å². The number of aliphatic carboxylic acids is 1. The van der Waals surface area contributed by atoms with E-state index in [9.17, 15) is 13.6 Å². The average molecular weight is 167 g/mol. The Morgan fingerprint density at radius 1 is 1.90 bits per heavy atom. The average Bonchev–Trinajstić information content (AvgIpc) is 1.58. The van der Waals surface area contributed by atoms with Crippen molar-refractivity contribution in [2.24, 2.45) is 0 Å². The van der Waals surface area contributed by atoms with Gasteiger partial charge in [-0.3, -0.25) is 8.98 Å². The Morgan fingerprint density at radius 2 is 2.40 bits per heavy atom. The molecular weight excluding hydrogens is 160 g/mol. The molecule has 1 N–H and O–H groups in total. The quantitative estimate of drug-likeness (QED) is 0.579. The van der Waals surface area contributed by atoms with E-state index in [1.165, 1.54) is 6.92 Å². The number of carboxylic acid groups (broad SMARTS) is 1. The lowest BCUT2D eigenvalue weighted by atomic mass is 10.3. The SMILES string of the molecule is CC(CC(=O)O)OS(=O)[O-]. The van der Waals surface area contributed by atoms with Crippen LogP contribution in [-0.4, -0.2) is 25.9 Å². The summed E-state index contributed by atoms with van der Waals surface area (Å²) in [5.41, 5.74) is 0. The first-order valence-corrected chi connectivity index (χ1v) is 3.50. The smallest absolute Gasteiger partial charge is 0.306 e. The van der Waals surface area contributed by atoms with E-state index >= 15 is 0 Å². The van der Waals surface area contributed by atoms with E-state index in [4.69, 9.17) is 5.11 Å². The van der Waals surface area contributed by atoms with E-state index in [1.54, 1.807) is 0 Å². The molecule has 2 atom stereocenters. The maximum atomic E-state index is 9.91. The molecule has 2 unspecified atom stereocenters. The van der Waals surface area contributed by atoms with Crippen molar-refractivity contribution in [1.82, 2.24) is 0 Å². The summed E-state index contributed by atoms with van der Waals surface area (Å²) in [5.74, 6) is -1.09. The Bertz CT molecular complexity index is 129. The van der Waals surface area contributed by atoms with Crippen molar-refractivity contribution in [2.45, 2.75) is 19.4 Å². The Hall–Kier alpha value is -0.460. The number of carboxylic acids is 1. The number of carbonyl (C=O) groups is 1. The van der Waals surface area contributed by atoms with Gasteiger partial charge in [-0.15, -0.1) is 0 Å². The van der Waals surface area contributed by atoms with Crippen LogP contribution in [0.15, 0.2) is 0 Å². The van der Waals surface area contributed by atoms with Crippen molar-refractivity contribution in [3.05, 3.63) is 0 Å². The van der Waals surface area contributed by atoms with E-state index in [-0.39, 0.29) is 6.42 Å². The highest BCUT2D eigenvalue weighted by Crippen LogP contribution is 1.97. The molecule has 0 amide bonds. The zero-order valence-electron chi connectivity index (χ0n) is 5.27. The van der Waals surface area contributed by atoms with Crippen LogP contribution in [0.1, 0.15) is 13.3 Å². The van der Waals surface area contributed by atoms with E-state index in [2.05, 4.69) is 4.18 Å². The number of hydrogen-bond acceptors (Lipinski definition) is 4. The van der Waals surface area contributed by atoms with Gasteiger partial charge in [-0.2, -0.15) is 0 Å². The highest BCUT2D eigenvalue weighted by molar-refractivity contribution is 7.74.